The first-order chi connectivity index (χ1) is 7.81. The van der Waals surface area contributed by atoms with E-state index in [4.69, 9.17) is 11.6 Å². The van der Waals surface area contributed by atoms with Crippen molar-refractivity contribution in [2.45, 2.75) is 25.1 Å². The lowest BCUT2D eigenvalue weighted by Gasteiger charge is -2.10. The number of aromatic nitrogens is 3. The molecule has 4 nitrogen and oxygen atoms in total. The van der Waals surface area contributed by atoms with Gasteiger partial charge in [0, 0.05) is 18.9 Å². The van der Waals surface area contributed by atoms with Gasteiger partial charge in [0.05, 0.1) is 11.6 Å². The number of anilines is 1. The summed E-state index contributed by atoms with van der Waals surface area (Å²) in [5.74, 6) is 0.835. The van der Waals surface area contributed by atoms with Crippen LogP contribution in [0.2, 0.25) is 0 Å². The maximum Gasteiger partial charge on any atom is 0.152 e. The van der Waals surface area contributed by atoms with Crippen LogP contribution in [0.5, 0.6) is 0 Å². The summed E-state index contributed by atoms with van der Waals surface area (Å²) < 4.78 is 1.79. The number of rotatable bonds is 5. The Morgan fingerprint density at radius 1 is 1.50 bits per heavy atom. The van der Waals surface area contributed by atoms with Gasteiger partial charge in [-0.15, -0.1) is 11.6 Å². The van der Waals surface area contributed by atoms with Gasteiger partial charge in [-0.05, 0) is 12.5 Å². The van der Waals surface area contributed by atoms with E-state index in [0.29, 0.717) is 0 Å². The zero-order valence-electron chi connectivity index (χ0n) is 9.23. The molecule has 0 aliphatic heterocycles. The van der Waals surface area contributed by atoms with Crippen molar-refractivity contribution in [3.8, 4) is 0 Å². The van der Waals surface area contributed by atoms with Gasteiger partial charge in [0.15, 0.2) is 5.82 Å². The lowest BCUT2D eigenvalue weighted by molar-refractivity contribution is 0.750. The number of hydrogen-bond donors (Lipinski definition) is 1. The Labute approximate surface area is 99.6 Å². The average Bonchev–Trinajstić information content (AvgIpc) is 2.75. The van der Waals surface area contributed by atoms with Gasteiger partial charge in [-0.25, -0.2) is 9.50 Å². The topological polar surface area (TPSA) is 42.2 Å². The van der Waals surface area contributed by atoms with E-state index in [0.717, 1.165) is 30.7 Å². The van der Waals surface area contributed by atoms with E-state index in [1.807, 2.05) is 12.3 Å². The van der Waals surface area contributed by atoms with Crippen LogP contribution in [0.3, 0.4) is 0 Å². The van der Waals surface area contributed by atoms with Crippen molar-refractivity contribution in [1.82, 2.24) is 14.6 Å². The van der Waals surface area contributed by atoms with Crippen LogP contribution < -0.4 is 5.32 Å². The molecule has 1 atom stereocenters. The summed E-state index contributed by atoms with van der Waals surface area (Å²) in [4.78, 5) is 4.28. The minimum atomic E-state index is 0.148. The molecule has 16 heavy (non-hydrogen) atoms. The third kappa shape index (κ3) is 2.44. The molecule has 0 bridgehead atoms. The van der Waals surface area contributed by atoms with Crippen LogP contribution in [0.15, 0.2) is 24.7 Å². The Kier molecular flexibility index (Phi) is 3.62. The van der Waals surface area contributed by atoms with Crippen molar-refractivity contribution in [1.29, 1.82) is 0 Å². The van der Waals surface area contributed by atoms with Gasteiger partial charge in [-0.2, -0.15) is 5.10 Å². The van der Waals surface area contributed by atoms with Crippen LogP contribution in [0.25, 0.3) is 5.52 Å². The van der Waals surface area contributed by atoms with Crippen molar-refractivity contribution < 1.29 is 0 Å². The number of alkyl halides is 1. The summed E-state index contributed by atoms with van der Waals surface area (Å²) in [5.41, 5.74) is 0.975. The van der Waals surface area contributed by atoms with Gasteiger partial charge in [0.25, 0.3) is 0 Å². The van der Waals surface area contributed by atoms with Gasteiger partial charge in [0.2, 0.25) is 0 Å². The highest BCUT2D eigenvalue weighted by atomic mass is 35.5. The molecule has 2 aromatic heterocycles. The molecule has 86 valence electrons. The summed E-state index contributed by atoms with van der Waals surface area (Å²) in [6.45, 7) is 2.86. The molecule has 0 fully saturated rings. The summed E-state index contributed by atoms with van der Waals surface area (Å²) in [5, 5.41) is 7.55. The average molecular weight is 239 g/mol. The third-order valence-corrected chi connectivity index (χ3v) is 2.79. The smallest absolute Gasteiger partial charge is 0.152 e. The molecule has 0 amide bonds. The number of hydrogen-bond acceptors (Lipinski definition) is 3. The standard InChI is InChI=1S/C11H15ClN4/c1-2-3-9(12)8-14-11-10-4-5-15-16(10)7-6-13-11/h4-7,9H,2-3,8H2,1H3,(H,13,14). The van der Waals surface area contributed by atoms with Crippen molar-refractivity contribution in [2.75, 3.05) is 11.9 Å². The third-order valence-electron chi connectivity index (χ3n) is 2.42. The Morgan fingerprint density at radius 3 is 3.19 bits per heavy atom. The Balaban J connectivity index is 2.06. The van der Waals surface area contributed by atoms with E-state index in [9.17, 15) is 0 Å². The van der Waals surface area contributed by atoms with Crippen molar-refractivity contribution in [2.24, 2.45) is 0 Å². The van der Waals surface area contributed by atoms with E-state index in [1.54, 1.807) is 16.9 Å². The van der Waals surface area contributed by atoms with Gasteiger partial charge < -0.3 is 5.32 Å². The number of nitrogens with one attached hydrogen (secondary N) is 1. The molecule has 1 N–H and O–H groups in total. The van der Waals surface area contributed by atoms with E-state index in [1.165, 1.54) is 0 Å². The monoisotopic (exact) mass is 238 g/mol. The minimum Gasteiger partial charge on any atom is -0.367 e. The second kappa shape index (κ2) is 5.16. The second-order valence-electron chi connectivity index (χ2n) is 3.70. The summed E-state index contributed by atoms with van der Waals surface area (Å²) in [7, 11) is 0. The summed E-state index contributed by atoms with van der Waals surface area (Å²) >= 11 is 6.14. The van der Waals surface area contributed by atoms with E-state index >= 15 is 0 Å². The van der Waals surface area contributed by atoms with Crippen LogP contribution in [0, 0.1) is 0 Å². The molecule has 0 saturated carbocycles. The normalized spacial score (nSPS) is 12.9. The highest BCUT2D eigenvalue weighted by Gasteiger charge is 2.06. The van der Waals surface area contributed by atoms with Gasteiger partial charge >= 0.3 is 0 Å². The van der Waals surface area contributed by atoms with Crippen LogP contribution >= 0.6 is 11.6 Å². The maximum atomic E-state index is 6.14. The summed E-state index contributed by atoms with van der Waals surface area (Å²) in [6.07, 6.45) is 7.42. The van der Waals surface area contributed by atoms with Crippen LogP contribution in [0.1, 0.15) is 19.8 Å². The van der Waals surface area contributed by atoms with Gasteiger partial charge in [-0.3, -0.25) is 0 Å². The fraction of sp³-hybridized carbons (Fsp3) is 0.455. The zero-order chi connectivity index (χ0) is 11.4. The molecular formula is C11H15ClN4. The first-order valence-electron chi connectivity index (χ1n) is 5.47. The molecule has 2 heterocycles. The van der Waals surface area contributed by atoms with Gasteiger partial charge in [0.1, 0.15) is 5.52 Å². The van der Waals surface area contributed by atoms with Gasteiger partial charge in [-0.1, -0.05) is 13.3 Å². The van der Waals surface area contributed by atoms with Crippen LogP contribution in [-0.2, 0) is 0 Å². The van der Waals surface area contributed by atoms with Crippen LogP contribution in [-0.4, -0.2) is 26.5 Å². The SMILES string of the molecule is CCCC(Cl)CNc1nccn2nccc12. The number of nitrogens with zero attached hydrogens (tertiary/aromatic N) is 3. The zero-order valence-corrected chi connectivity index (χ0v) is 9.98. The van der Waals surface area contributed by atoms with Crippen molar-refractivity contribution in [3.63, 3.8) is 0 Å². The molecule has 2 rings (SSSR count). The first kappa shape index (κ1) is 11.2. The summed E-state index contributed by atoms with van der Waals surface area (Å²) in [6, 6.07) is 1.93. The predicted octanol–water partition coefficient (Wildman–Crippen LogP) is 2.55. The van der Waals surface area contributed by atoms with E-state index in [-0.39, 0.29) is 5.38 Å². The largest absolute Gasteiger partial charge is 0.367 e. The molecule has 0 aromatic carbocycles. The van der Waals surface area contributed by atoms with E-state index in [2.05, 4.69) is 22.3 Å². The molecule has 1 unspecified atom stereocenters. The Hall–Kier alpha value is -1.29. The molecule has 0 aliphatic rings. The lowest BCUT2D eigenvalue weighted by Crippen LogP contribution is -2.15. The number of fused-ring (bicyclic) bond motifs is 1. The second-order valence-corrected chi connectivity index (χ2v) is 4.32. The highest BCUT2D eigenvalue weighted by molar-refractivity contribution is 6.20. The Morgan fingerprint density at radius 2 is 2.38 bits per heavy atom. The molecule has 2 aromatic rings. The molecule has 5 heteroatoms. The van der Waals surface area contributed by atoms with E-state index < -0.39 is 0 Å². The number of halogens is 1. The first-order valence-corrected chi connectivity index (χ1v) is 5.91. The lowest BCUT2D eigenvalue weighted by atomic mass is 10.2. The molecule has 0 radical (unpaired) electrons. The van der Waals surface area contributed by atoms with Crippen molar-refractivity contribution in [3.05, 3.63) is 24.7 Å². The fourth-order valence-electron chi connectivity index (χ4n) is 1.62. The molecule has 0 saturated heterocycles. The Bertz CT molecular complexity index is 454. The van der Waals surface area contributed by atoms with Crippen LogP contribution in [0.4, 0.5) is 5.82 Å². The fourth-order valence-corrected chi connectivity index (χ4v) is 1.91. The predicted molar refractivity (Wildman–Crippen MR) is 66.0 cm³/mol. The molecule has 0 spiro atoms. The van der Waals surface area contributed by atoms with Crippen molar-refractivity contribution >= 4 is 22.9 Å². The molecule has 0 aliphatic carbocycles. The maximum absolute atomic E-state index is 6.14. The minimum absolute atomic E-state index is 0.148. The molecular weight excluding hydrogens is 224 g/mol. The quantitative estimate of drug-likeness (QED) is 0.814. The highest BCUT2D eigenvalue weighted by Crippen LogP contribution is 2.13.